The molecule has 1 aliphatic heterocycles. The van der Waals surface area contributed by atoms with Crippen LogP contribution in [0.4, 0.5) is 0 Å². The molecule has 78 valence electrons. The molecule has 3 rings (SSSR count). The van der Waals surface area contributed by atoms with Crippen LogP contribution in [0.2, 0.25) is 0 Å². The first-order valence-corrected chi connectivity index (χ1v) is 5.59. The van der Waals surface area contributed by atoms with Crippen LogP contribution in [0.3, 0.4) is 0 Å². The monoisotopic (exact) mass is 201 g/mol. The van der Waals surface area contributed by atoms with Crippen LogP contribution >= 0.6 is 0 Å². The van der Waals surface area contributed by atoms with E-state index in [9.17, 15) is 0 Å². The van der Waals surface area contributed by atoms with Gasteiger partial charge in [0.15, 0.2) is 0 Å². The third-order valence-electron chi connectivity index (χ3n) is 3.20. The third kappa shape index (κ3) is 1.53. The fourth-order valence-electron chi connectivity index (χ4n) is 2.39. The Morgan fingerprint density at radius 2 is 2.20 bits per heavy atom. The Hall–Kier alpha value is -1.35. The number of H-pyrrole nitrogens is 1. The average molecular weight is 201 g/mol. The quantitative estimate of drug-likeness (QED) is 0.741. The minimum atomic E-state index is 0.603. The van der Waals surface area contributed by atoms with Crippen LogP contribution in [-0.2, 0) is 0 Å². The Bertz CT molecular complexity index is 455. The second-order valence-electron chi connectivity index (χ2n) is 4.20. The maximum absolute atomic E-state index is 4.34. The summed E-state index contributed by atoms with van der Waals surface area (Å²) in [4.78, 5) is 0. The van der Waals surface area contributed by atoms with Gasteiger partial charge in [-0.05, 0) is 25.5 Å². The molecule has 0 unspecified atom stereocenters. The molecular formula is C12H15N3. The molecule has 1 aliphatic rings. The molecule has 2 N–H and O–H groups in total. The number of fused-ring (bicyclic) bond motifs is 1. The maximum atomic E-state index is 4.34. The number of hydrogen-bond acceptors (Lipinski definition) is 2. The van der Waals surface area contributed by atoms with Crippen LogP contribution in [0.5, 0.6) is 0 Å². The molecule has 1 fully saturated rings. The summed E-state index contributed by atoms with van der Waals surface area (Å²) in [5.41, 5.74) is 2.39. The standard InChI is InChI=1S/C12H15N3/c1-2-6-11-10(5-1)12(15-14-11)9-4-3-7-13-8-9/h1-2,5-6,9,13H,3-4,7-8H2,(H,14,15)/t9-/m0/s1. The lowest BCUT2D eigenvalue weighted by molar-refractivity contribution is 0.456. The van der Waals surface area contributed by atoms with Crippen molar-refractivity contribution in [2.75, 3.05) is 13.1 Å². The molecule has 0 spiro atoms. The van der Waals surface area contributed by atoms with Crippen molar-refractivity contribution < 1.29 is 0 Å². The molecule has 1 saturated heterocycles. The zero-order valence-corrected chi connectivity index (χ0v) is 8.66. The van der Waals surface area contributed by atoms with Gasteiger partial charge in [0.2, 0.25) is 0 Å². The van der Waals surface area contributed by atoms with Gasteiger partial charge < -0.3 is 5.32 Å². The average Bonchev–Trinajstić information content (AvgIpc) is 2.74. The highest BCUT2D eigenvalue weighted by molar-refractivity contribution is 5.81. The normalized spacial score (nSPS) is 22.0. The van der Waals surface area contributed by atoms with E-state index < -0.39 is 0 Å². The predicted octanol–water partition coefficient (Wildman–Crippen LogP) is 2.03. The Kier molecular flexibility index (Phi) is 2.18. The van der Waals surface area contributed by atoms with Gasteiger partial charge >= 0.3 is 0 Å². The number of rotatable bonds is 1. The van der Waals surface area contributed by atoms with Crippen LogP contribution in [-0.4, -0.2) is 23.3 Å². The van der Waals surface area contributed by atoms with E-state index in [1.165, 1.54) is 23.9 Å². The van der Waals surface area contributed by atoms with E-state index >= 15 is 0 Å². The van der Waals surface area contributed by atoms with E-state index in [2.05, 4.69) is 33.7 Å². The van der Waals surface area contributed by atoms with E-state index in [1.54, 1.807) is 0 Å². The van der Waals surface area contributed by atoms with Crippen molar-refractivity contribution in [3.05, 3.63) is 30.0 Å². The molecule has 3 nitrogen and oxygen atoms in total. The molecule has 0 aliphatic carbocycles. The number of para-hydroxylation sites is 1. The van der Waals surface area contributed by atoms with Crippen LogP contribution < -0.4 is 5.32 Å². The highest BCUT2D eigenvalue weighted by atomic mass is 15.1. The molecule has 2 aromatic rings. The molecule has 0 bridgehead atoms. The van der Waals surface area contributed by atoms with Crippen molar-refractivity contribution in [3.63, 3.8) is 0 Å². The van der Waals surface area contributed by atoms with E-state index in [4.69, 9.17) is 0 Å². The summed E-state index contributed by atoms with van der Waals surface area (Å²) in [6.07, 6.45) is 2.53. The molecule has 1 aromatic heterocycles. The molecule has 0 radical (unpaired) electrons. The predicted molar refractivity (Wildman–Crippen MR) is 60.9 cm³/mol. The van der Waals surface area contributed by atoms with E-state index in [0.717, 1.165) is 18.6 Å². The van der Waals surface area contributed by atoms with Crippen LogP contribution in [0.25, 0.3) is 10.9 Å². The SMILES string of the molecule is c1ccc2c([C@H]3CCCNC3)[nH]nc2c1. The number of nitrogens with zero attached hydrogens (tertiary/aromatic N) is 1. The second kappa shape index (κ2) is 3.66. The summed E-state index contributed by atoms with van der Waals surface area (Å²) in [7, 11) is 0. The highest BCUT2D eigenvalue weighted by Crippen LogP contribution is 2.27. The Morgan fingerprint density at radius 1 is 1.27 bits per heavy atom. The first kappa shape index (κ1) is 8.92. The summed E-state index contributed by atoms with van der Waals surface area (Å²) in [6, 6.07) is 8.33. The molecular weight excluding hydrogens is 186 g/mol. The molecule has 0 saturated carbocycles. The topological polar surface area (TPSA) is 40.7 Å². The Morgan fingerprint density at radius 3 is 3.07 bits per heavy atom. The summed E-state index contributed by atoms with van der Waals surface area (Å²) >= 11 is 0. The van der Waals surface area contributed by atoms with Crippen molar-refractivity contribution in [2.24, 2.45) is 0 Å². The van der Waals surface area contributed by atoms with Crippen molar-refractivity contribution in [1.82, 2.24) is 15.5 Å². The Balaban J connectivity index is 2.02. The summed E-state index contributed by atoms with van der Waals surface area (Å²) in [6.45, 7) is 2.23. The van der Waals surface area contributed by atoms with Crippen molar-refractivity contribution in [2.45, 2.75) is 18.8 Å². The van der Waals surface area contributed by atoms with Crippen molar-refractivity contribution in [1.29, 1.82) is 0 Å². The molecule has 3 heteroatoms. The third-order valence-corrected chi connectivity index (χ3v) is 3.20. The number of hydrogen-bond donors (Lipinski definition) is 2. The van der Waals surface area contributed by atoms with Gasteiger partial charge in [0, 0.05) is 23.5 Å². The summed E-state index contributed by atoms with van der Waals surface area (Å²) < 4.78 is 0. The molecule has 0 amide bonds. The van der Waals surface area contributed by atoms with E-state index in [-0.39, 0.29) is 0 Å². The summed E-state index contributed by atoms with van der Waals surface area (Å²) in [5, 5.41) is 12.3. The van der Waals surface area contributed by atoms with Gasteiger partial charge in [-0.3, -0.25) is 5.10 Å². The van der Waals surface area contributed by atoms with Crippen LogP contribution in [0.1, 0.15) is 24.5 Å². The molecule has 1 aromatic carbocycles. The zero-order valence-electron chi connectivity index (χ0n) is 8.66. The number of piperidine rings is 1. The van der Waals surface area contributed by atoms with Gasteiger partial charge in [0.1, 0.15) is 0 Å². The fraction of sp³-hybridized carbons (Fsp3) is 0.417. The minimum absolute atomic E-state index is 0.603. The van der Waals surface area contributed by atoms with Crippen molar-refractivity contribution in [3.8, 4) is 0 Å². The van der Waals surface area contributed by atoms with Gasteiger partial charge in [0.05, 0.1) is 5.52 Å². The number of aromatic nitrogens is 2. The van der Waals surface area contributed by atoms with Gasteiger partial charge in [0.25, 0.3) is 0 Å². The Labute approximate surface area is 88.9 Å². The van der Waals surface area contributed by atoms with E-state index in [0.29, 0.717) is 5.92 Å². The first-order valence-electron chi connectivity index (χ1n) is 5.59. The lowest BCUT2D eigenvalue weighted by Gasteiger charge is -2.21. The zero-order chi connectivity index (χ0) is 10.1. The molecule has 2 heterocycles. The van der Waals surface area contributed by atoms with Gasteiger partial charge in [-0.1, -0.05) is 18.2 Å². The van der Waals surface area contributed by atoms with Gasteiger partial charge in [-0.2, -0.15) is 5.10 Å². The smallest absolute Gasteiger partial charge is 0.0923 e. The fourth-order valence-corrected chi connectivity index (χ4v) is 2.39. The number of aromatic amines is 1. The van der Waals surface area contributed by atoms with Gasteiger partial charge in [-0.15, -0.1) is 0 Å². The lowest BCUT2D eigenvalue weighted by atomic mass is 9.94. The number of nitrogens with one attached hydrogen (secondary N) is 2. The minimum Gasteiger partial charge on any atom is -0.316 e. The van der Waals surface area contributed by atoms with Crippen molar-refractivity contribution >= 4 is 10.9 Å². The lowest BCUT2D eigenvalue weighted by Crippen LogP contribution is -2.28. The van der Waals surface area contributed by atoms with Gasteiger partial charge in [-0.25, -0.2) is 0 Å². The van der Waals surface area contributed by atoms with Crippen LogP contribution in [0.15, 0.2) is 24.3 Å². The molecule has 15 heavy (non-hydrogen) atoms. The number of benzene rings is 1. The largest absolute Gasteiger partial charge is 0.316 e. The van der Waals surface area contributed by atoms with Crippen LogP contribution in [0, 0.1) is 0 Å². The maximum Gasteiger partial charge on any atom is 0.0923 e. The van der Waals surface area contributed by atoms with E-state index in [1.807, 2.05) is 6.07 Å². The molecule has 1 atom stereocenters. The second-order valence-corrected chi connectivity index (χ2v) is 4.20. The highest BCUT2D eigenvalue weighted by Gasteiger charge is 2.18. The summed E-state index contributed by atoms with van der Waals surface area (Å²) in [5.74, 6) is 0.603. The first-order chi connectivity index (χ1) is 7.45.